The number of hydrogen-bond donors (Lipinski definition) is 1. The fraction of sp³-hybridized carbons (Fsp3) is 0.500. The summed E-state index contributed by atoms with van der Waals surface area (Å²) in [5, 5.41) is 12.2. The van der Waals surface area contributed by atoms with Gasteiger partial charge in [0.15, 0.2) is 0 Å². The predicted octanol–water partition coefficient (Wildman–Crippen LogP) is 2.84. The molecule has 0 spiro atoms. The minimum Gasteiger partial charge on any atom is -0.312 e. The second kappa shape index (κ2) is 5.67. The van der Waals surface area contributed by atoms with Crippen molar-refractivity contribution in [2.24, 2.45) is 5.92 Å². The Morgan fingerprint density at radius 1 is 1.19 bits per heavy atom. The summed E-state index contributed by atoms with van der Waals surface area (Å²) in [4.78, 5) is 0. The number of nitrogens with zero attached hydrogens (tertiary/aromatic N) is 1. The van der Waals surface area contributed by atoms with Gasteiger partial charge in [0.1, 0.15) is 0 Å². The molecule has 1 saturated carbocycles. The van der Waals surface area contributed by atoms with Gasteiger partial charge in [0.2, 0.25) is 0 Å². The molecule has 0 saturated heterocycles. The summed E-state index contributed by atoms with van der Waals surface area (Å²) in [6, 6.07) is 9.95. The lowest BCUT2D eigenvalue weighted by Gasteiger charge is -2.10. The molecule has 0 bridgehead atoms. The van der Waals surface area contributed by atoms with Crippen molar-refractivity contribution in [1.29, 1.82) is 5.26 Å². The molecule has 2 rings (SSSR count). The van der Waals surface area contributed by atoms with E-state index in [1.807, 2.05) is 24.3 Å². The van der Waals surface area contributed by atoms with E-state index in [1.54, 1.807) is 0 Å². The number of nitriles is 1. The molecule has 0 aliphatic heterocycles. The molecule has 0 aromatic heterocycles. The van der Waals surface area contributed by atoms with Crippen molar-refractivity contribution < 1.29 is 0 Å². The average molecular weight is 214 g/mol. The predicted molar refractivity (Wildman–Crippen MR) is 64.8 cm³/mol. The van der Waals surface area contributed by atoms with Crippen molar-refractivity contribution in [3.8, 4) is 6.07 Å². The average Bonchev–Trinajstić information content (AvgIpc) is 2.83. The Morgan fingerprint density at radius 2 is 1.88 bits per heavy atom. The highest BCUT2D eigenvalue weighted by atomic mass is 14.9. The highest BCUT2D eigenvalue weighted by Crippen LogP contribution is 2.23. The maximum atomic E-state index is 8.68. The SMILES string of the molecule is N#Cc1ccc(CNCC2CCCC2)cc1. The van der Waals surface area contributed by atoms with Crippen LogP contribution in [0.3, 0.4) is 0 Å². The molecule has 2 heteroatoms. The molecule has 1 aliphatic rings. The van der Waals surface area contributed by atoms with Gasteiger partial charge in [-0.25, -0.2) is 0 Å². The molecule has 0 unspecified atom stereocenters. The molecule has 2 nitrogen and oxygen atoms in total. The van der Waals surface area contributed by atoms with E-state index >= 15 is 0 Å². The fourth-order valence-corrected chi connectivity index (χ4v) is 2.33. The van der Waals surface area contributed by atoms with E-state index < -0.39 is 0 Å². The van der Waals surface area contributed by atoms with E-state index in [1.165, 1.54) is 31.2 Å². The van der Waals surface area contributed by atoms with Crippen LogP contribution in [0.5, 0.6) is 0 Å². The molecule has 0 atom stereocenters. The lowest BCUT2D eigenvalue weighted by atomic mass is 10.1. The van der Waals surface area contributed by atoms with Crippen LogP contribution in [-0.4, -0.2) is 6.54 Å². The van der Waals surface area contributed by atoms with Crippen LogP contribution >= 0.6 is 0 Å². The number of nitrogens with one attached hydrogen (secondary N) is 1. The van der Waals surface area contributed by atoms with Crippen LogP contribution in [0, 0.1) is 17.2 Å². The van der Waals surface area contributed by atoms with Crippen LogP contribution in [-0.2, 0) is 6.54 Å². The third-order valence-electron chi connectivity index (χ3n) is 3.32. The molecule has 84 valence electrons. The molecule has 1 fully saturated rings. The number of rotatable bonds is 4. The molecule has 0 radical (unpaired) electrons. The van der Waals surface area contributed by atoms with Gasteiger partial charge in [-0.1, -0.05) is 25.0 Å². The van der Waals surface area contributed by atoms with Crippen LogP contribution in [0.2, 0.25) is 0 Å². The normalized spacial score (nSPS) is 16.2. The van der Waals surface area contributed by atoms with Gasteiger partial charge in [-0.05, 0) is 43.0 Å². The van der Waals surface area contributed by atoms with Crippen LogP contribution < -0.4 is 5.32 Å². The van der Waals surface area contributed by atoms with Gasteiger partial charge in [0.25, 0.3) is 0 Å². The van der Waals surface area contributed by atoms with Crippen LogP contribution in [0.25, 0.3) is 0 Å². The minimum absolute atomic E-state index is 0.736. The van der Waals surface area contributed by atoms with E-state index in [0.717, 1.165) is 24.6 Å². The first-order valence-corrected chi connectivity index (χ1v) is 6.08. The van der Waals surface area contributed by atoms with E-state index in [-0.39, 0.29) is 0 Å². The second-order valence-electron chi connectivity index (χ2n) is 4.59. The second-order valence-corrected chi connectivity index (χ2v) is 4.59. The molecular weight excluding hydrogens is 196 g/mol. The third-order valence-corrected chi connectivity index (χ3v) is 3.32. The van der Waals surface area contributed by atoms with Gasteiger partial charge in [-0.15, -0.1) is 0 Å². The maximum Gasteiger partial charge on any atom is 0.0991 e. The zero-order valence-electron chi connectivity index (χ0n) is 9.58. The molecule has 1 N–H and O–H groups in total. The molecule has 1 aliphatic carbocycles. The summed E-state index contributed by atoms with van der Waals surface area (Å²) >= 11 is 0. The summed E-state index contributed by atoms with van der Waals surface area (Å²) in [6.07, 6.45) is 5.59. The Morgan fingerprint density at radius 3 is 2.50 bits per heavy atom. The Hall–Kier alpha value is -1.33. The summed E-state index contributed by atoms with van der Waals surface area (Å²) < 4.78 is 0. The van der Waals surface area contributed by atoms with Gasteiger partial charge < -0.3 is 5.32 Å². The van der Waals surface area contributed by atoms with Gasteiger partial charge in [-0.3, -0.25) is 0 Å². The minimum atomic E-state index is 0.736. The third kappa shape index (κ3) is 3.08. The van der Waals surface area contributed by atoms with Crippen molar-refractivity contribution in [2.75, 3.05) is 6.54 Å². The van der Waals surface area contributed by atoms with Crippen LogP contribution in [0.1, 0.15) is 36.8 Å². The zero-order chi connectivity index (χ0) is 11.2. The van der Waals surface area contributed by atoms with Crippen molar-refractivity contribution in [2.45, 2.75) is 32.2 Å². The fourth-order valence-electron chi connectivity index (χ4n) is 2.33. The maximum absolute atomic E-state index is 8.68. The number of hydrogen-bond acceptors (Lipinski definition) is 2. The van der Waals surface area contributed by atoms with Gasteiger partial charge in [0.05, 0.1) is 11.6 Å². The Balaban J connectivity index is 1.74. The topological polar surface area (TPSA) is 35.8 Å². The van der Waals surface area contributed by atoms with Crippen LogP contribution in [0.4, 0.5) is 0 Å². The monoisotopic (exact) mass is 214 g/mol. The molecule has 1 aromatic carbocycles. The van der Waals surface area contributed by atoms with Gasteiger partial charge in [-0.2, -0.15) is 5.26 Å². The molecule has 1 aromatic rings. The summed E-state index contributed by atoms with van der Waals surface area (Å²) in [5.41, 5.74) is 2.00. The summed E-state index contributed by atoms with van der Waals surface area (Å²) in [6.45, 7) is 2.06. The lowest BCUT2D eigenvalue weighted by molar-refractivity contribution is 0.489. The van der Waals surface area contributed by atoms with E-state index in [9.17, 15) is 0 Å². The largest absolute Gasteiger partial charge is 0.312 e. The quantitative estimate of drug-likeness (QED) is 0.836. The first kappa shape index (κ1) is 11.2. The smallest absolute Gasteiger partial charge is 0.0991 e. The standard InChI is InChI=1S/C14H18N2/c15-9-12-5-7-14(8-6-12)11-16-10-13-3-1-2-4-13/h5-8,13,16H,1-4,10-11H2. The van der Waals surface area contributed by atoms with Gasteiger partial charge in [0, 0.05) is 6.54 Å². The zero-order valence-corrected chi connectivity index (χ0v) is 9.58. The Labute approximate surface area is 97.3 Å². The first-order valence-electron chi connectivity index (χ1n) is 6.08. The van der Waals surface area contributed by atoms with Gasteiger partial charge >= 0.3 is 0 Å². The lowest BCUT2D eigenvalue weighted by Crippen LogP contribution is -2.20. The molecule has 0 heterocycles. The summed E-state index contributed by atoms with van der Waals surface area (Å²) in [7, 11) is 0. The number of benzene rings is 1. The highest BCUT2D eigenvalue weighted by molar-refractivity contribution is 5.31. The Bertz CT molecular complexity index is 355. The summed E-state index contributed by atoms with van der Waals surface area (Å²) in [5.74, 6) is 0.887. The highest BCUT2D eigenvalue weighted by Gasteiger charge is 2.13. The van der Waals surface area contributed by atoms with Crippen molar-refractivity contribution in [1.82, 2.24) is 5.32 Å². The van der Waals surface area contributed by atoms with Crippen molar-refractivity contribution >= 4 is 0 Å². The van der Waals surface area contributed by atoms with E-state index in [4.69, 9.17) is 5.26 Å². The first-order chi connectivity index (χ1) is 7.88. The van der Waals surface area contributed by atoms with Crippen molar-refractivity contribution in [3.63, 3.8) is 0 Å². The molecule has 0 amide bonds. The Kier molecular flexibility index (Phi) is 3.96. The van der Waals surface area contributed by atoms with E-state index in [2.05, 4.69) is 11.4 Å². The molecule has 16 heavy (non-hydrogen) atoms. The van der Waals surface area contributed by atoms with Crippen LogP contribution in [0.15, 0.2) is 24.3 Å². The van der Waals surface area contributed by atoms with Crippen molar-refractivity contribution in [3.05, 3.63) is 35.4 Å². The molecular formula is C14H18N2. The van der Waals surface area contributed by atoms with E-state index in [0.29, 0.717) is 0 Å².